The maximum atomic E-state index is 12.2. The smallest absolute Gasteiger partial charge is 0.223 e. The molecule has 6 nitrogen and oxygen atoms in total. The van der Waals surface area contributed by atoms with Gasteiger partial charge in [0, 0.05) is 33.0 Å². The van der Waals surface area contributed by atoms with Crippen LogP contribution >= 0.6 is 0 Å². The number of para-hydroxylation sites is 2. The molecule has 0 saturated heterocycles. The van der Waals surface area contributed by atoms with Crippen LogP contribution < -0.4 is 5.32 Å². The Morgan fingerprint density at radius 3 is 2.79 bits per heavy atom. The lowest BCUT2D eigenvalue weighted by atomic mass is 10.2. The van der Waals surface area contributed by atoms with Crippen molar-refractivity contribution < 1.29 is 9.59 Å². The number of imidazole rings is 1. The Morgan fingerprint density at radius 2 is 2.08 bits per heavy atom. The van der Waals surface area contributed by atoms with Crippen LogP contribution in [-0.2, 0) is 23.2 Å². The number of fused-ring (bicyclic) bond motifs is 1. The monoisotopic (exact) mass is 328 g/mol. The quantitative estimate of drug-likeness (QED) is 0.789. The van der Waals surface area contributed by atoms with Crippen molar-refractivity contribution in [1.29, 1.82) is 0 Å². The molecule has 0 aliphatic heterocycles. The second-order valence-corrected chi connectivity index (χ2v) is 6.49. The van der Waals surface area contributed by atoms with Crippen molar-refractivity contribution in [3.63, 3.8) is 0 Å². The van der Waals surface area contributed by atoms with Gasteiger partial charge in [-0.15, -0.1) is 0 Å². The molecule has 0 unspecified atom stereocenters. The Balaban J connectivity index is 1.48. The van der Waals surface area contributed by atoms with Crippen LogP contribution in [0.25, 0.3) is 11.0 Å². The first kappa shape index (κ1) is 16.5. The number of hydrogen-bond acceptors (Lipinski definition) is 3. The maximum Gasteiger partial charge on any atom is 0.223 e. The number of nitrogens with zero attached hydrogens (tertiary/aromatic N) is 3. The first-order valence-corrected chi connectivity index (χ1v) is 8.48. The van der Waals surface area contributed by atoms with E-state index in [0.29, 0.717) is 25.9 Å². The van der Waals surface area contributed by atoms with Gasteiger partial charge in [0.1, 0.15) is 5.82 Å². The Morgan fingerprint density at radius 1 is 1.33 bits per heavy atom. The number of carbonyl (C=O) groups is 2. The first-order chi connectivity index (χ1) is 11.6. The highest BCUT2D eigenvalue weighted by Gasteiger charge is 2.29. The second kappa shape index (κ2) is 7.03. The first-order valence-electron chi connectivity index (χ1n) is 8.48. The average Bonchev–Trinajstić information content (AvgIpc) is 3.38. The lowest BCUT2D eigenvalue weighted by molar-refractivity contribution is -0.131. The van der Waals surface area contributed by atoms with Crippen LogP contribution in [0.3, 0.4) is 0 Å². The van der Waals surface area contributed by atoms with Crippen molar-refractivity contribution in [1.82, 2.24) is 19.8 Å². The predicted octanol–water partition coefficient (Wildman–Crippen LogP) is 1.84. The van der Waals surface area contributed by atoms with E-state index in [-0.39, 0.29) is 17.7 Å². The van der Waals surface area contributed by atoms with Crippen LogP contribution in [0.15, 0.2) is 24.3 Å². The van der Waals surface area contributed by atoms with E-state index in [1.54, 1.807) is 11.9 Å². The number of aryl methyl sites for hydroxylation is 1. The third-order valence-electron chi connectivity index (χ3n) is 4.50. The van der Waals surface area contributed by atoms with Gasteiger partial charge in [-0.2, -0.15) is 0 Å². The number of aromatic nitrogens is 2. The summed E-state index contributed by atoms with van der Waals surface area (Å²) in [4.78, 5) is 30.1. The van der Waals surface area contributed by atoms with E-state index < -0.39 is 0 Å². The summed E-state index contributed by atoms with van der Waals surface area (Å²) >= 11 is 0. The second-order valence-electron chi connectivity index (χ2n) is 6.49. The van der Waals surface area contributed by atoms with E-state index in [0.717, 1.165) is 29.7 Å². The minimum atomic E-state index is 0.0720. The Hall–Kier alpha value is -2.37. The zero-order valence-corrected chi connectivity index (χ0v) is 14.3. The van der Waals surface area contributed by atoms with E-state index >= 15 is 0 Å². The van der Waals surface area contributed by atoms with Gasteiger partial charge in [-0.1, -0.05) is 12.1 Å². The molecule has 1 saturated carbocycles. The fourth-order valence-corrected chi connectivity index (χ4v) is 2.77. The molecule has 1 aromatic heterocycles. The lowest BCUT2D eigenvalue weighted by Gasteiger charge is -2.17. The number of rotatable bonds is 7. The third kappa shape index (κ3) is 3.75. The van der Waals surface area contributed by atoms with Crippen molar-refractivity contribution in [2.45, 2.75) is 32.2 Å². The molecule has 1 aliphatic rings. The summed E-state index contributed by atoms with van der Waals surface area (Å²) in [6.45, 7) is 1.06. The van der Waals surface area contributed by atoms with E-state index in [2.05, 4.69) is 10.3 Å². The zero-order chi connectivity index (χ0) is 17.1. The van der Waals surface area contributed by atoms with Crippen molar-refractivity contribution in [3.05, 3.63) is 30.1 Å². The fraction of sp³-hybridized carbons (Fsp3) is 0.500. The molecule has 2 amide bonds. The molecule has 24 heavy (non-hydrogen) atoms. The van der Waals surface area contributed by atoms with E-state index in [1.165, 1.54) is 0 Å². The summed E-state index contributed by atoms with van der Waals surface area (Å²) in [5.41, 5.74) is 2.01. The standard InChI is InChI=1S/C18H24N4O2/c1-21(17(23)8-5-11-19-18(24)13-9-10-13)12-16-20-14-6-3-4-7-15(14)22(16)2/h3-4,6-7,13H,5,8-12H2,1-2H3,(H,19,24). The molecule has 6 heteroatoms. The van der Waals surface area contributed by atoms with Gasteiger partial charge in [-0.05, 0) is 31.4 Å². The van der Waals surface area contributed by atoms with E-state index in [1.807, 2.05) is 35.9 Å². The van der Waals surface area contributed by atoms with E-state index in [9.17, 15) is 9.59 Å². The molecule has 0 spiro atoms. The Kier molecular flexibility index (Phi) is 4.83. The minimum Gasteiger partial charge on any atom is -0.356 e. The molecule has 2 aromatic rings. The maximum absolute atomic E-state index is 12.2. The number of hydrogen-bond donors (Lipinski definition) is 1. The van der Waals surface area contributed by atoms with Crippen LogP contribution in [0.2, 0.25) is 0 Å². The van der Waals surface area contributed by atoms with Crippen LogP contribution in [0.1, 0.15) is 31.5 Å². The van der Waals surface area contributed by atoms with Gasteiger partial charge >= 0.3 is 0 Å². The predicted molar refractivity (Wildman–Crippen MR) is 92.2 cm³/mol. The summed E-state index contributed by atoms with van der Waals surface area (Å²) in [5, 5.41) is 2.89. The molecule has 1 heterocycles. The van der Waals surface area contributed by atoms with Crippen molar-refractivity contribution in [3.8, 4) is 0 Å². The van der Waals surface area contributed by atoms with Crippen LogP contribution in [0, 0.1) is 5.92 Å². The Labute approximate surface area is 141 Å². The molecule has 0 radical (unpaired) electrons. The normalized spacial score (nSPS) is 13.9. The zero-order valence-electron chi connectivity index (χ0n) is 14.3. The lowest BCUT2D eigenvalue weighted by Crippen LogP contribution is -2.30. The summed E-state index contributed by atoms with van der Waals surface area (Å²) in [6, 6.07) is 7.95. The molecule has 0 bridgehead atoms. The molecule has 1 aromatic carbocycles. The molecule has 1 aliphatic carbocycles. The number of nitrogens with one attached hydrogen (secondary N) is 1. The molecule has 1 N–H and O–H groups in total. The summed E-state index contributed by atoms with van der Waals surface area (Å²) in [6.07, 6.45) is 3.12. The molecule has 3 rings (SSSR count). The van der Waals surface area contributed by atoms with Gasteiger partial charge in [-0.25, -0.2) is 4.98 Å². The van der Waals surface area contributed by atoms with Gasteiger partial charge < -0.3 is 14.8 Å². The SMILES string of the molecule is CN(Cc1nc2ccccc2n1C)C(=O)CCCNC(=O)C1CC1. The largest absolute Gasteiger partial charge is 0.356 e. The summed E-state index contributed by atoms with van der Waals surface area (Å²) < 4.78 is 2.02. The number of benzene rings is 1. The summed E-state index contributed by atoms with van der Waals surface area (Å²) in [7, 11) is 3.76. The van der Waals surface area contributed by atoms with Crippen molar-refractivity contribution in [2.24, 2.45) is 13.0 Å². The van der Waals surface area contributed by atoms with Gasteiger partial charge in [-0.3, -0.25) is 9.59 Å². The molecule has 128 valence electrons. The highest BCUT2D eigenvalue weighted by molar-refractivity contribution is 5.81. The van der Waals surface area contributed by atoms with Crippen LogP contribution in [-0.4, -0.2) is 39.9 Å². The molecule has 0 atom stereocenters. The summed E-state index contributed by atoms with van der Waals surface area (Å²) in [5.74, 6) is 1.30. The minimum absolute atomic E-state index is 0.0720. The van der Waals surface area contributed by atoms with Gasteiger partial charge in [0.2, 0.25) is 11.8 Å². The Bertz CT molecular complexity index is 749. The molecular formula is C18H24N4O2. The van der Waals surface area contributed by atoms with Crippen LogP contribution in [0.4, 0.5) is 0 Å². The number of carbonyl (C=O) groups excluding carboxylic acids is 2. The average molecular weight is 328 g/mol. The molecule has 1 fully saturated rings. The van der Waals surface area contributed by atoms with Gasteiger partial charge in [0.15, 0.2) is 0 Å². The fourth-order valence-electron chi connectivity index (χ4n) is 2.77. The highest BCUT2D eigenvalue weighted by atomic mass is 16.2. The van der Waals surface area contributed by atoms with Gasteiger partial charge in [0.05, 0.1) is 17.6 Å². The van der Waals surface area contributed by atoms with Crippen molar-refractivity contribution in [2.75, 3.05) is 13.6 Å². The van der Waals surface area contributed by atoms with Gasteiger partial charge in [0.25, 0.3) is 0 Å². The highest BCUT2D eigenvalue weighted by Crippen LogP contribution is 2.28. The third-order valence-corrected chi connectivity index (χ3v) is 4.50. The molecular weight excluding hydrogens is 304 g/mol. The van der Waals surface area contributed by atoms with E-state index in [4.69, 9.17) is 0 Å². The number of amides is 2. The topological polar surface area (TPSA) is 67.2 Å². The van der Waals surface area contributed by atoms with Crippen LogP contribution in [0.5, 0.6) is 0 Å². The van der Waals surface area contributed by atoms with Crippen molar-refractivity contribution >= 4 is 22.8 Å².